The average Bonchev–Trinajstić information content (AvgIpc) is 2.92. The number of hydrogen-bond acceptors (Lipinski definition) is 2. The molecule has 2 nitrogen and oxygen atoms in total. The van der Waals surface area contributed by atoms with Crippen LogP contribution in [0.2, 0.25) is 0 Å². The summed E-state index contributed by atoms with van der Waals surface area (Å²) in [6.45, 7) is 2.35. The number of nitrogens with zero attached hydrogens (tertiary/aromatic N) is 1. The van der Waals surface area contributed by atoms with Gasteiger partial charge >= 0.3 is 0 Å². The minimum absolute atomic E-state index is 0.0305. The van der Waals surface area contributed by atoms with Crippen LogP contribution in [-0.2, 0) is 4.79 Å². The summed E-state index contributed by atoms with van der Waals surface area (Å²) >= 11 is 0. The largest absolute Gasteiger partial charge is 0.303 e. The van der Waals surface area contributed by atoms with Gasteiger partial charge in [-0.15, -0.1) is 0 Å². The molecule has 2 unspecified atom stereocenters. The average molecular weight is 221 g/mol. The zero-order valence-electron chi connectivity index (χ0n) is 10.2. The van der Waals surface area contributed by atoms with Gasteiger partial charge in [0.05, 0.1) is 0 Å². The van der Waals surface area contributed by atoms with Crippen LogP contribution in [0.15, 0.2) is 0 Å². The zero-order valence-corrected chi connectivity index (χ0v) is 10.2. The Balaban J connectivity index is 1.65. The summed E-state index contributed by atoms with van der Waals surface area (Å²) in [5.41, 5.74) is 0.0305. The quantitative estimate of drug-likeness (QED) is 0.683. The number of carbonyl (C=O) groups is 1. The molecule has 3 rings (SSSR count). The van der Waals surface area contributed by atoms with E-state index in [9.17, 15) is 4.79 Å². The lowest BCUT2D eigenvalue weighted by atomic mass is 9.74. The van der Waals surface area contributed by atoms with Crippen LogP contribution in [0.5, 0.6) is 0 Å². The van der Waals surface area contributed by atoms with Gasteiger partial charge in [-0.2, -0.15) is 0 Å². The van der Waals surface area contributed by atoms with Gasteiger partial charge in [0.1, 0.15) is 6.29 Å². The molecule has 2 atom stereocenters. The number of fused-ring (bicyclic) bond motifs is 2. The van der Waals surface area contributed by atoms with Crippen LogP contribution in [0.3, 0.4) is 0 Å². The number of likely N-dealkylation sites (tertiary alicyclic amines) is 1. The molecule has 90 valence electrons. The standard InChI is InChI=1S/C14H23NO/c16-11-14(6-2-1-3-7-14)10-15-9-12-4-5-13(15)8-12/h11-13H,1-10H2. The Morgan fingerprint density at radius 1 is 1.19 bits per heavy atom. The van der Waals surface area contributed by atoms with Gasteiger partial charge in [0.15, 0.2) is 0 Å². The molecule has 2 bridgehead atoms. The lowest BCUT2D eigenvalue weighted by Gasteiger charge is -2.38. The first-order valence-electron chi connectivity index (χ1n) is 7.02. The van der Waals surface area contributed by atoms with Crippen molar-refractivity contribution >= 4 is 6.29 Å². The van der Waals surface area contributed by atoms with Crippen LogP contribution in [-0.4, -0.2) is 30.3 Å². The van der Waals surface area contributed by atoms with Crippen molar-refractivity contribution in [3.63, 3.8) is 0 Å². The van der Waals surface area contributed by atoms with Gasteiger partial charge in [-0.3, -0.25) is 4.90 Å². The minimum atomic E-state index is 0.0305. The maximum absolute atomic E-state index is 11.4. The van der Waals surface area contributed by atoms with Crippen molar-refractivity contribution in [3.8, 4) is 0 Å². The number of rotatable bonds is 3. The third-order valence-electron chi connectivity index (χ3n) is 5.14. The molecule has 16 heavy (non-hydrogen) atoms. The van der Waals surface area contributed by atoms with Crippen LogP contribution in [0.4, 0.5) is 0 Å². The van der Waals surface area contributed by atoms with Crippen molar-refractivity contribution in [3.05, 3.63) is 0 Å². The molecule has 1 heterocycles. The van der Waals surface area contributed by atoms with E-state index in [-0.39, 0.29) is 5.41 Å². The highest BCUT2D eigenvalue weighted by Gasteiger charge is 2.42. The van der Waals surface area contributed by atoms with Gasteiger partial charge in [0.2, 0.25) is 0 Å². The third kappa shape index (κ3) is 1.81. The predicted octanol–water partition coefficient (Wildman–Crippen LogP) is 2.62. The highest BCUT2D eigenvalue weighted by Crippen LogP contribution is 2.42. The van der Waals surface area contributed by atoms with Crippen LogP contribution in [0, 0.1) is 11.3 Å². The van der Waals surface area contributed by atoms with Crippen molar-refractivity contribution in [2.24, 2.45) is 11.3 Å². The fraction of sp³-hybridized carbons (Fsp3) is 0.929. The number of aldehydes is 1. The Kier molecular flexibility index (Phi) is 2.78. The summed E-state index contributed by atoms with van der Waals surface area (Å²) in [5.74, 6) is 0.956. The molecular formula is C14H23NO. The lowest BCUT2D eigenvalue weighted by molar-refractivity contribution is -0.119. The van der Waals surface area contributed by atoms with Crippen molar-refractivity contribution in [1.29, 1.82) is 0 Å². The number of carbonyl (C=O) groups excluding carboxylic acids is 1. The Hall–Kier alpha value is -0.370. The molecule has 0 spiro atoms. The molecule has 0 amide bonds. The molecule has 3 fully saturated rings. The molecular weight excluding hydrogens is 198 g/mol. The fourth-order valence-corrected chi connectivity index (χ4v) is 4.19. The summed E-state index contributed by atoms with van der Waals surface area (Å²) in [5, 5.41) is 0. The van der Waals surface area contributed by atoms with E-state index in [0.717, 1.165) is 31.3 Å². The van der Waals surface area contributed by atoms with Gasteiger partial charge < -0.3 is 4.79 Å². The first-order valence-corrected chi connectivity index (χ1v) is 7.02. The maximum Gasteiger partial charge on any atom is 0.127 e. The van der Waals surface area contributed by atoms with Crippen molar-refractivity contribution in [1.82, 2.24) is 4.90 Å². The molecule has 0 aromatic heterocycles. The third-order valence-corrected chi connectivity index (χ3v) is 5.14. The van der Waals surface area contributed by atoms with Crippen molar-refractivity contribution in [2.45, 2.75) is 57.4 Å². The van der Waals surface area contributed by atoms with E-state index in [2.05, 4.69) is 4.90 Å². The van der Waals surface area contributed by atoms with Crippen molar-refractivity contribution in [2.75, 3.05) is 13.1 Å². The second-order valence-corrected chi connectivity index (χ2v) is 6.30. The van der Waals surface area contributed by atoms with Crippen LogP contribution in [0.25, 0.3) is 0 Å². The topological polar surface area (TPSA) is 20.3 Å². The molecule has 1 saturated heterocycles. The Morgan fingerprint density at radius 2 is 2.00 bits per heavy atom. The summed E-state index contributed by atoms with van der Waals surface area (Å²) in [6.07, 6.45) is 11.7. The molecule has 0 aromatic carbocycles. The summed E-state index contributed by atoms with van der Waals surface area (Å²) in [7, 11) is 0. The molecule has 3 aliphatic rings. The molecule has 2 aliphatic carbocycles. The molecule has 0 N–H and O–H groups in total. The van der Waals surface area contributed by atoms with Crippen LogP contribution < -0.4 is 0 Å². The Morgan fingerprint density at radius 3 is 2.56 bits per heavy atom. The van der Waals surface area contributed by atoms with E-state index in [1.54, 1.807) is 0 Å². The molecule has 2 heteroatoms. The van der Waals surface area contributed by atoms with E-state index in [0.29, 0.717) is 0 Å². The first kappa shape index (κ1) is 10.8. The van der Waals surface area contributed by atoms with Crippen LogP contribution in [0.1, 0.15) is 51.4 Å². The molecule has 0 aromatic rings. The van der Waals surface area contributed by atoms with E-state index in [4.69, 9.17) is 0 Å². The van der Waals surface area contributed by atoms with Crippen LogP contribution >= 0.6 is 0 Å². The maximum atomic E-state index is 11.4. The van der Waals surface area contributed by atoms with Gasteiger partial charge in [0.25, 0.3) is 0 Å². The molecule has 0 radical (unpaired) electrons. The first-order chi connectivity index (χ1) is 7.81. The summed E-state index contributed by atoms with van der Waals surface area (Å²) in [6, 6.07) is 0.823. The van der Waals surface area contributed by atoms with Gasteiger partial charge in [-0.25, -0.2) is 0 Å². The van der Waals surface area contributed by atoms with E-state index < -0.39 is 0 Å². The Labute approximate surface area is 98.4 Å². The van der Waals surface area contributed by atoms with E-state index in [1.165, 1.54) is 51.4 Å². The summed E-state index contributed by atoms with van der Waals surface area (Å²) in [4.78, 5) is 14.1. The van der Waals surface area contributed by atoms with Gasteiger partial charge in [0, 0.05) is 24.5 Å². The van der Waals surface area contributed by atoms with Gasteiger partial charge in [-0.1, -0.05) is 19.3 Å². The molecule has 1 aliphatic heterocycles. The smallest absolute Gasteiger partial charge is 0.127 e. The molecule has 2 saturated carbocycles. The number of piperidine rings is 1. The Bertz CT molecular complexity index is 270. The summed E-state index contributed by atoms with van der Waals surface area (Å²) < 4.78 is 0. The van der Waals surface area contributed by atoms with Crippen molar-refractivity contribution < 1.29 is 4.79 Å². The highest BCUT2D eigenvalue weighted by molar-refractivity contribution is 5.60. The second kappa shape index (κ2) is 4.14. The van der Waals surface area contributed by atoms with Gasteiger partial charge in [-0.05, 0) is 38.0 Å². The van der Waals surface area contributed by atoms with E-state index >= 15 is 0 Å². The van der Waals surface area contributed by atoms with E-state index in [1.807, 2.05) is 0 Å². The lowest BCUT2D eigenvalue weighted by Crippen LogP contribution is -2.43. The fourth-order valence-electron chi connectivity index (χ4n) is 4.19. The highest BCUT2D eigenvalue weighted by atomic mass is 16.1. The monoisotopic (exact) mass is 221 g/mol. The zero-order chi connectivity index (χ0) is 11.0. The SMILES string of the molecule is O=CC1(CN2CC3CCC2C3)CCCCC1. The number of hydrogen-bond donors (Lipinski definition) is 0. The minimum Gasteiger partial charge on any atom is -0.303 e. The second-order valence-electron chi connectivity index (χ2n) is 6.30. The predicted molar refractivity (Wildman–Crippen MR) is 64.3 cm³/mol. The normalized spacial score (nSPS) is 37.8.